The SMILES string of the molecule is COc1cc2c(Oc3cnc4[nH]ccc4c3)ncnc2cc1OCCCN1CCCC1. The Balaban J connectivity index is 1.35. The van der Waals surface area contributed by atoms with Gasteiger partial charge in [0.15, 0.2) is 11.5 Å². The zero-order valence-electron chi connectivity index (χ0n) is 17.5. The highest BCUT2D eigenvalue weighted by atomic mass is 16.5. The third-order valence-electron chi connectivity index (χ3n) is 5.55. The fraction of sp³-hybridized carbons (Fsp3) is 0.348. The molecule has 3 aromatic heterocycles. The van der Waals surface area contributed by atoms with E-state index in [0.717, 1.165) is 34.9 Å². The minimum atomic E-state index is 0.445. The zero-order chi connectivity index (χ0) is 21.0. The van der Waals surface area contributed by atoms with Gasteiger partial charge in [-0.05, 0) is 50.6 Å². The number of benzene rings is 1. The smallest absolute Gasteiger partial charge is 0.230 e. The molecule has 1 fully saturated rings. The van der Waals surface area contributed by atoms with Crippen molar-refractivity contribution in [3.05, 3.63) is 43.0 Å². The van der Waals surface area contributed by atoms with Gasteiger partial charge in [-0.1, -0.05) is 0 Å². The minimum absolute atomic E-state index is 0.445. The van der Waals surface area contributed by atoms with Crippen LogP contribution in [0.5, 0.6) is 23.1 Å². The third-order valence-corrected chi connectivity index (χ3v) is 5.55. The average molecular weight is 419 g/mol. The largest absolute Gasteiger partial charge is 0.493 e. The summed E-state index contributed by atoms with van der Waals surface area (Å²) in [6.45, 7) is 4.10. The summed E-state index contributed by atoms with van der Waals surface area (Å²) in [5.74, 6) is 2.36. The molecule has 0 unspecified atom stereocenters. The predicted octanol–water partition coefficient (Wildman–Crippen LogP) is 4.17. The van der Waals surface area contributed by atoms with Crippen LogP contribution in [-0.4, -0.2) is 58.2 Å². The zero-order valence-corrected chi connectivity index (χ0v) is 17.5. The molecule has 1 aliphatic rings. The second kappa shape index (κ2) is 8.77. The topological polar surface area (TPSA) is 85.4 Å². The first-order valence-corrected chi connectivity index (χ1v) is 10.6. The second-order valence-electron chi connectivity index (χ2n) is 7.64. The van der Waals surface area contributed by atoms with Crippen molar-refractivity contribution in [1.82, 2.24) is 24.8 Å². The number of pyridine rings is 1. The Morgan fingerprint density at radius 3 is 2.84 bits per heavy atom. The lowest BCUT2D eigenvalue weighted by Crippen LogP contribution is -2.21. The van der Waals surface area contributed by atoms with E-state index < -0.39 is 0 Å². The summed E-state index contributed by atoms with van der Waals surface area (Å²) in [6, 6.07) is 7.61. The fourth-order valence-electron chi connectivity index (χ4n) is 3.96. The molecule has 0 aliphatic carbocycles. The van der Waals surface area contributed by atoms with E-state index in [9.17, 15) is 0 Å². The summed E-state index contributed by atoms with van der Waals surface area (Å²) in [5, 5.41) is 1.72. The minimum Gasteiger partial charge on any atom is -0.493 e. The van der Waals surface area contributed by atoms with Crippen LogP contribution >= 0.6 is 0 Å². The standard InChI is InChI=1S/C23H25N5O3/c1-29-20-12-18-19(13-21(20)30-10-4-9-28-7-2-3-8-28)26-15-27-23(18)31-17-11-16-5-6-24-22(16)25-14-17/h5-6,11-15H,2-4,7-10H2,1H3,(H,24,25). The van der Waals surface area contributed by atoms with E-state index in [1.807, 2.05) is 30.5 Å². The van der Waals surface area contributed by atoms with Gasteiger partial charge in [0.25, 0.3) is 0 Å². The first kappa shape index (κ1) is 19.6. The van der Waals surface area contributed by atoms with E-state index in [2.05, 4.69) is 24.8 Å². The Labute approximate surface area is 180 Å². The number of nitrogens with zero attached hydrogens (tertiary/aromatic N) is 4. The number of hydrogen-bond acceptors (Lipinski definition) is 7. The first-order chi connectivity index (χ1) is 15.3. The Morgan fingerprint density at radius 1 is 1.06 bits per heavy atom. The van der Waals surface area contributed by atoms with Crippen LogP contribution in [0.3, 0.4) is 0 Å². The van der Waals surface area contributed by atoms with Crippen molar-refractivity contribution in [3.63, 3.8) is 0 Å². The van der Waals surface area contributed by atoms with Crippen molar-refractivity contribution >= 4 is 21.9 Å². The van der Waals surface area contributed by atoms with Crippen molar-refractivity contribution in [2.24, 2.45) is 0 Å². The average Bonchev–Trinajstić information content (AvgIpc) is 3.48. The van der Waals surface area contributed by atoms with E-state index >= 15 is 0 Å². The molecule has 1 aliphatic heterocycles. The van der Waals surface area contributed by atoms with E-state index in [0.29, 0.717) is 29.7 Å². The molecule has 1 N–H and O–H groups in total. The number of methoxy groups -OCH3 is 1. The first-order valence-electron chi connectivity index (χ1n) is 10.6. The number of hydrogen-bond donors (Lipinski definition) is 1. The molecule has 31 heavy (non-hydrogen) atoms. The molecule has 0 amide bonds. The van der Waals surface area contributed by atoms with E-state index in [-0.39, 0.29) is 0 Å². The van der Waals surface area contributed by atoms with Gasteiger partial charge in [0.05, 0.1) is 30.8 Å². The monoisotopic (exact) mass is 419 g/mol. The summed E-state index contributed by atoms with van der Waals surface area (Å²) < 4.78 is 17.6. The maximum absolute atomic E-state index is 6.03. The number of likely N-dealkylation sites (tertiary alicyclic amines) is 1. The Morgan fingerprint density at radius 2 is 1.97 bits per heavy atom. The molecule has 4 aromatic rings. The van der Waals surface area contributed by atoms with Gasteiger partial charge in [0, 0.05) is 24.2 Å². The molecule has 1 aromatic carbocycles. The van der Waals surface area contributed by atoms with E-state index in [4.69, 9.17) is 14.2 Å². The molecular weight excluding hydrogens is 394 g/mol. The molecule has 0 spiro atoms. The molecule has 0 atom stereocenters. The molecule has 0 radical (unpaired) electrons. The number of aromatic amines is 1. The van der Waals surface area contributed by atoms with Gasteiger partial charge >= 0.3 is 0 Å². The Kier molecular flexibility index (Phi) is 5.54. The second-order valence-corrected chi connectivity index (χ2v) is 7.64. The van der Waals surface area contributed by atoms with Crippen LogP contribution in [0.2, 0.25) is 0 Å². The van der Waals surface area contributed by atoms with Crippen LogP contribution in [0.15, 0.2) is 43.0 Å². The normalized spacial score (nSPS) is 14.4. The van der Waals surface area contributed by atoms with Gasteiger partial charge in [0.2, 0.25) is 5.88 Å². The number of nitrogens with one attached hydrogen (secondary N) is 1. The molecule has 1 saturated heterocycles. The molecule has 4 heterocycles. The summed E-state index contributed by atoms with van der Waals surface area (Å²) in [7, 11) is 1.63. The van der Waals surface area contributed by atoms with Crippen LogP contribution < -0.4 is 14.2 Å². The van der Waals surface area contributed by atoms with Crippen LogP contribution in [0.25, 0.3) is 21.9 Å². The quantitative estimate of drug-likeness (QED) is 0.429. The molecule has 5 rings (SSSR count). The number of rotatable bonds is 8. The number of aromatic nitrogens is 4. The highest BCUT2D eigenvalue weighted by Gasteiger charge is 2.14. The molecular formula is C23H25N5O3. The van der Waals surface area contributed by atoms with Crippen molar-refractivity contribution in [2.75, 3.05) is 33.4 Å². The van der Waals surface area contributed by atoms with Crippen molar-refractivity contribution < 1.29 is 14.2 Å². The van der Waals surface area contributed by atoms with Gasteiger partial charge in [0.1, 0.15) is 17.7 Å². The van der Waals surface area contributed by atoms with Gasteiger partial charge in [-0.15, -0.1) is 0 Å². The van der Waals surface area contributed by atoms with Gasteiger partial charge in [-0.3, -0.25) is 0 Å². The van der Waals surface area contributed by atoms with Crippen LogP contribution in [-0.2, 0) is 0 Å². The lowest BCUT2D eigenvalue weighted by atomic mass is 10.2. The summed E-state index contributed by atoms with van der Waals surface area (Å²) in [5.41, 5.74) is 1.55. The van der Waals surface area contributed by atoms with E-state index in [1.54, 1.807) is 13.3 Å². The molecule has 0 bridgehead atoms. The summed E-state index contributed by atoms with van der Waals surface area (Å²) >= 11 is 0. The van der Waals surface area contributed by atoms with Crippen molar-refractivity contribution in [2.45, 2.75) is 19.3 Å². The van der Waals surface area contributed by atoms with Crippen molar-refractivity contribution in [1.29, 1.82) is 0 Å². The Bertz CT molecular complexity index is 1190. The fourth-order valence-corrected chi connectivity index (χ4v) is 3.96. The van der Waals surface area contributed by atoms with Gasteiger partial charge < -0.3 is 24.1 Å². The molecule has 0 saturated carbocycles. The summed E-state index contributed by atoms with van der Waals surface area (Å²) in [4.78, 5) is 18.6. The molecule has 8 nitrogen and oxygen atoms in total. The summed E-state index contributed by atoms with van der Waals surface area (Å²) in [6.07, 6.45) is 8.59. The van der Waals surface area contributed by atoms with Crippen molar-refractivity contribution in [3.8, 4) is 23.1 Å². The number of H-pyrrole nitrogens is 1. The lowest BCUT2D eigenvalue weighted by molar-refractivity contribution is 0.254. The van der Waals surface area contributed by atoms with Crippen LogP contribution in [0.4, 0.5) is 0 Å². The van der Waals surface area contributed by atoms with E-state index in [1.165, 1.54) is 32.3 Å². The highest BCUT2D eigenvalue weighted by molar-refractivity contribution is 5.87. The Hall–Kier alpha value is -3.39. The third kappa shape index (κ3) is 4.25. The van der Waals surface area contributed by atoms with Crippen LogP contribution in [0.1, 0.15) is 19.3 Å². The lowest BCUT2D eigenvalue weighted by Gasteiger charge is -2.16. The number of ether oxygens (including phenoxy) is 3. The molecule has 8 heteroatoms. The molecule has 160 valence electrons. The highest BCUT2D eigenvalue weighted by Crippen LogP contribution is 2.36. The maximum Gasteiger partial charge on any atom is 0.230 e. The van der Waals surface area contributed by atoms with Gasteiger partial charge in [-0.2, -0.15) is 0 Å². The van der Waals surface area contributed by atoms with Crippen LogP contribution in [0, 0.1) is 0 Å². The predicted molar refractivity (Wildman–Crippen MR) is 118 cm³/mol. The van der Waals surface area contributed by atoms with Gasteiger partial charge in [-0.25, -0.2) is 15.0 Å². The number of fused-ring (bicyclic) bond motifs is 2. The maximum atomic E-state index is 6.03.